The lowest BCUT2D eigenvalue weighted by Gasteiger charge is -2.28. The van der Waals surface area contributed by atoms with Crippen LogP contribution in [0, 0.1) is 3.57 Å². The van der Waals surface area contributed by atoms with Crippen molar-refractivity contribution in [2.45, 2.75) is 0 Å². The monoisotopic (exact) mass is 1000 g/mol. The summed E-state index contributed by atoms with van der Waals surface area (Å²) in [5.41, 5.74) is 14.0. The zero-order chi connectivity index (χ0) is 46.7. The van der Waals surface area contributed by atoms with Crippen LogP contribution in [0.2, 0.25) is 0 Å². The van der Waals surface area contributed by atoms with Gasteiger partial charge in [0.05, 0.1) is 5.69 Å². The highest BCUT2D eigenvalue weighted by atomic mass is 127. The minimum Gasteiger partial charge on any atom is -0.309 e. The molecule has 1 nitrogen and oxygen atoms in total. The molecule has 0 unspecified atom stereocenters. The summed E-state index contributed by atoms with van der Waals surface area (Å²) in [6, 6.07) is 93.5. The van der Waals surface area contributed by atoms with Crippen LogP contribution < -0.4 is 4.90 Å². The van der Waals surface area contributed by atoms with Crippen LogP contribution in [-0.2, 0) is 0 Å². The minimum absolute atomic E-state index is 0.934. The highest BCUT2D eigenvalue weighted by Crippen LogP contribution is 2.46. The van der Waals surface area contributed by atoms with Crippen LogP contribution in [0.4, 0.5) is 11.4 Å². The third-order valence-corrected chi connectivity index (χ3v) is 15.1. The highest BCUT2D eigenvalue weighted by molar-refractivity contribution is 14.1. The fourth-order valence-electron chi connectivity index (χ4n) is 10.7. The van der Waals surface area contributed by atoms with E-state index in [1.807, 2.05) is 0 Å². The molecule has 0 atom stereocenters. The SMILES string of the molecule is C=C(c1ccc2cc(-c3ccc4cc(-c5ccc6c(-c7ccc8ccccc8c7)c7ccccc7c(-c7ccc8ccccc8c7)c6c5)ccc4c3)ccc2c1)N(c1ccccc1)c1ccccc1I. The molecule has 0 saturated heterocycles. The Bertz CT molecular complexity index is 4220. The van der Waals surface area contributed by atoms with Crippen molar-refractivity contribution >= 4 is 104 Å². The fourth-order valence-corrected chi connectivity index (χ4v) is 11.3. The molecule has 13 aromatic rings. The highest BCUT2D eigenvalue weighted by Gasteiger charge is 2.20. The van der Waals surface area contributed by atoms with Gasteiger partial charge in [0.25, 0.3) is 0 Å². The normalized spacial score (nSPS) is 11.6. The fraction of sp³-hybridized carbons (Fsp3) is 0. The summed E-state index contributed by atoms with van der Waals surface area (Å²) in [7, 11) is 0. The van der Waals surface area contributed by atoms with Crippen molar-refractivity contribution < 1.29 is 0 Å². The van der Waals surface area contributed by atoms with E-state index in [2.05, 4.69) is 289 Å². The molecule has 0 bridgehead atoms. The maximum Gasteiger partial charge on any atom is 0.0595 e. The Hall–Kier alpha value is -8.31. The Kier molecular flexibility index (Phi) is 10.4. The summed E-state index contributed by atoms with van der Waals surface area (Å²) in [6.07, 6.45) is 0. The molecule has 0 aromatic heterocycles. The second-order valence-corrected chi connectivity index (χ2v) is 19.5. The lowest BCUT2D eigenvalue weighted by Crippen LogP contribution is -2.15. The van der Waals surface area contributed by atoms with Gasteiger partial charge in [0.2, 0.25) is 0 Å². The van der Waals surface area contributed by atoms with Crippen molar-refractivity contribution in [2.75, 3.05) is 4.90 Å². The number of para-hydroxylation sites is 2. The zero-order valence-corrected chi connectivity index (χ0v) is 40.4. The van der Waals surface area contributed by atoms with Gasteiger partial charge in [-0.15, -0.1) is 0 Å². The Morgan fingerprint density at radius 2 is 0.686 bits per heavy atom. The largest absolute Gasteiger partial charge is 0.309 e. The molecular formula is C68H44IN. The van der Waals surface area contributed by atoms with Crippen LogP contribution in [0.25, 0.3) is 115 Å². The molecule has 70 heavy (non-hydrogen) atoms. The number of hydrogen-bond donors (Lipinski definition) is 0. The number of fused-ring (bicyclic) bond motifs is 6. The van der Waals surface area contributed by atoms with E-state index in [-0.39, 0.29) is 0 Å². The van der Waals surface area contributed by atoms with Crippen LogP contribution in [-0.4, -0.2) is 0 Å². The van der Waals surface area contributed by atoms with Crippen LogP contribution in [0.15, 0.2) is 261 Å². The predicted octanol–water partition coefficient (Wildman–Crippen LogP) is 19.7. The number of anilines is 2. The number of benzene rings is 13. The third-order valence-electron chi connectivity index (χ3n) is 14.2. The van der Waals surface area contributed by atoms with Crippen LogP contribution in [0.1, 0.15) is 5.56 Å². The lowest BCUT2D eigenvalue weighted by atomic mass is 9.84. The lowest BCUT2D eigenvalue weighted by molar-refractivity contribution is 1.29. The molecule has 0 amide bonds. The Morgan fingerprint density at radius 3 is 1.27 bits per heavy atom. The minimum atomic E-state index is 0.934. The molecule has 13 aromatic carbocycles. The maximum absolute atomic E-state index is 4.64. The molecule has 0 aliphatic heterocycles. The molecule has 0 aliphatic carbocycles. The first-order chi connectivity index (χ1) is 34.5. The van der Waals surface area contributed by atoms with Gasteiger partial charge >= 0.3 is 0 Å². The first kappa shape index (κ1) is 41.8. The van der Waals surface area contributed by atoms with Gasteiger partial charge in [-0.2, -0.15) is 0 Å². The second kappa shape index (κ2) is 17.3. The van der Waals surface area contributed by atoms with Gasteiger partial charge in [0.15, 0.2) is 0 Å². The standard InChI is InChI=1S/C68H44IN/c1-44(70(60-17-3-2-4-18-60)66-22-12-11-21-65(66)69)47-25-26-51-38-52(28-27-50(51)37-47)53-29-30-55-40-56(32-31-54(55)39-53)57-35-36-63-64(43-57)68(59-34-24-46-14-6-8-16-49(46)42-59)62-20-10-9-19-61(62)67(63)58-33-23-45-13-5-7-15-48(45)41-58/h2-43H,1H2. The Balaban J connectivity index is 0.876. The van der Waals surface area contributed by atoms with Gasteiger partial charge in [-0.25, -0.2) is 0 Å². The average Bonchev–Trinajstić information content (AvgIpc) is 3.42. The van der Waals surface area contributed by atoms with E-state index in [1.54, 1.807) is 0 Å². The molecule has 0 fully saturated rings. The van der Waals surface area contributed by atoms with Crippen molar-refractivity contribution in [3.63, 3.8) is 0 Å². The molecule has 0 spiro atoms. The predicted molar refractivity (Wildman–Crippen MR) is 310 cm³/mol. The Morgan fingerprint density at radius 1 is 0.300 bits per heavy atom. The molecule has 13 rings (SSSR count). The van der Waals surface area contributed by atoms with Gasteiger partial charge in [-0.1, -0.05) is 195 Å². The molecule has 2 heteroatoms. The van der Waals surface area contributed by atoms with Crippen LogP contribution in [0.3, 0.4) is 0 Å². The summed E-state index contributed by atoms with van der Waals surface area (Å²) in [4.78, 5) is 2.26. The van der Waals surface area contributed by atoms with E-state index in [0.29, 0.717) is 0 Å². The van der Waals surface area contributed by atoms with Crippen molar-refractivity contribution in [2.24, 2.45) is 0 Å². The number of rotatable bonds is 8. The summed E-state index contributed by atoms with van der Waals surface area (Å²) < 4.78 is 1.17. The Labute approximate surface area is 421 Å². The molecule has 0 saturated carbocycles. The van der Waals surface area contributed by atoms with Crippen molar-refractivity contribution in [3.05, 3.63) is 270 Å². The van der Waals surface area contributed by atoms with Crippen molar-refractivity contribution in [1.82, 2.24) is 0 Å². The smallest absolute Gasteiger partial charge is 0.0595 e. The van der Waals surface area contributed by atoms with E-state index in [0.717, 1.165) is 22.6 Å². The summed E-state index contributed by atoms with van der Waals surface area (Å²) in [5, 5.41) is 14.8. The first-order valence-electron chi connectivity index (χ1n) is 23.8. The molecule has 0 aliphatic rings. The van der Waals surface area contributed by atoms with E-state index in [1.165, 1.54) is 113 Å². The molecule has 0 heterocycles. The summed E-state index contributed by atoms with van der Waals surface area (Å²) in [6.45, 7) is 4.64. The maximum atomic E-state index is 4.64. The van der Waals surface area contributed by atoms with Gasteiger partial charge in [-0.05, 0) is 204 Å². The molecule has 328 valence electrons. The van der Waals surface area contributed by atoms with Crippen molar-refractivity contribution in [1.29, 1.82) is 0 Å². The van der Waals surface area contributed by atoms with Gasteiger partial charge < -0.3 is 4.90 Å². The van der Waals surface area contributed by atoms with Crippen molar-refractivity contribution in [3.8, 4) is 44.5 Å². The number of hydrogen-bond acceptors (Lipinski definition) is 1. The quantitative estimate of drug-likeness (QED) is 0.108. The first-order valence-corrected chi connectivity index (χ1v) is 24.9. The summed E-state index contributed by atoms with van der Waals surface area (Å²) >= 11 is 2.42. The van der Waals surface area contributed by atoms with E-state index < -0.39 is 0 Å². The van der Waals surface area contributed by atoms with Gasteiger partial charge in [-0.3, -0.25) is 0 Å². The number of halogens is 1. The van der Waals surface area contributed by atoms with E-state index in [4.69, 9.17) is 0 Å². The van der Waals surface area contributed by atoms with Gasteiger partial charge in [0, 0.05) is 15.0 Å². The third kappa shape index (κ3) is 7.40. The summed E-state index contributed by atoms with van der Waals surface area (Å²) in [5.74, 6) is 0. The van der Waals surface area contributed by atoms with E-state index >= 15 is 0 Å². The van der Waals surface area contributed by atoms with Gasteiger partial charge in [0.1, 0.15) is 0 Å². The van der Waals surface area contributed by atoms with Crippen LogP contribution in [0.5, 0.6) is 0 Å². The molecule has 0 N–H and O–H groups in total. The van der Waals surface area contributed by atoms with Crippen LogP contribution >= 0.6 is 22.6 Å². The molecule has 0 radical (unpaired) electrons. The zero-order valence-electron chi connectivity index (χ0n) is 38.3. The topological polar surface area (TPSA) is 3.24 Å². The average molecular weight is 1000 g/mol. The molecular weight excluding hydrogens is 958 g/mol. The second-order valence-electron chi connectivity index (χ2n) is 18.3. The van der Waals surface area contributed by atoms with E-state index in [9.17, 15) is 0 Å². The number of nitrogens with zero attached hydrogens (tertiary/aromatic N) is 1.